The lowest BCUT2D eigenvalue weighted by Crippen LogP contribution is -2.60. The van der Waals surface area contributed by atoms with Gasteiger partial charge in [0.1, 0.15) is 41.8 Å². The normalized spacial score (nSPS) is 21.9. The van der Waals surface area contributed by atoms with Crippen molar-refractivity contribution in [3.63, 3.8) is 0 Å². The topological polar surface area (TPSA) is 146 Å². The van der Waals surface area contributed by atoms with Gasteiger partial charge in [-0.3, -0.25) is 24.0 Å². The van der Waals surface area contributed by atoms with E-state index >= 15 is 0 Å². The SMILES string of the molecule is COc1ccc2cc1C=CNC(=O)[C@H](CC(C)C)NC(=O)[C@@H]1[C@@H](CCN1C(=O)[C@H](NC(=O)[C@H](C)N(C)C=O)C(C)C)O2. The van der Waals surface area contributed by atoms with Crippen molar-refractivity contribution in [3.8, 4) is 11.5 Å². The zero-order valence-electron chi connectivity index (χ0n) is 25.4. The number of fused-ring (bicyclic) bond motifs is 3. The van der Waals surface area contributed by atoms with Crippen molar-refractivity contribution in [3.05, 3.63) is 30.0 Å². The van der Waals surface area contributed by atoms with Gasteiger partial charge in [-0.15, -0.1) is 0 Å². The maximum atomic E-state index is 14.0. The van der Waals surface area contributed by atoms with Gasteiger partial charge in [-0.25, -0.2) is 0 Å². The Bertz CT molecular complexity index is 1200. The number of nitrogens with zero attached hydrogens (tertiary/aromatic N) is 2. The van der Waals surface area contributed by atoms with Crippen molar-refractivity contribution >= 4 is 36.1 Å². The molecule has 1 aromatic carbocycles. The number of rotatable bonds is 9. The fraction of sp³-hybridized carbons (Fsp3) is 0.567. The van der Waals surface area contributed by atoms with Gasteiger partial charge in [0.05, 0.1) is 7.11 Å². The summed E-state index contributed by atoms with van der Waals surface area (Å²) >= 11 is 0. The molecular weight excluding hydrogens is 542 g/mol. The molecule has 2 heterocycles. The van der Waals surface area contributed by atoms with E-state index in [1.54, 1.807) is 52.2 Å². The van der Waals surface area contributed by atoms with Gasteiger partial charge in [0.15, 0.2) is 0 Å². The lowest BCUT2D eigenvalue weighted by molar-refractivity contribution is -0.145. The molecule has 0 aromatic heterocycles. The molecule has 2 aliphatic rings. The fourth-order valence-corrected chi connectivity index (χ4v) is 5.05. The smallest absolute Gasteiger partial charge is 0.247 e. The first kappa shape index (κ1) is 32.4. The Kier molecular flexibility index (Phi) is 11.0. The van der Waals surface area contributed by atoms with Crippen LogP contribution in [0.3, 0.4) is 0 Å². The number of carbonyl (C=O) groups is 5. The number of hydrogen-bond donors (Lipinski definition) is 3. The standard InChI is InChI=1S/C30H43N5O7/c1-17(2)14-22-28(38)31-12-10-20-15-21(8-9-23(20)41-7)42-24-11-13-35(26(24)29(39)32-22)30(40)25(18(3)4)33-27(37)19(5)34(6)16-36/h8-10,12,15-19,22,24-26H,11,13-14H2,1-7H3,(H,31,38)(H,32,39)(H,33,37)/t19-,22-,24+,25+,26-/m0/s1. The molecule has 0 radical (unpaired) electrons. The summed E-state index contributed by atoms with van der Waals surface area (Å²) in [5.41, 5.74) is 0.661. The quantitative estimate of drug-likeness (QED) is 0.370. The number of ether oxygens (including phenoxy) is 2. The van der Waals surface area contributed by atoms with E-state index in [0.29, 0.717) is 36.3 Å². The van der Waals surface area contributed by atoms with E-state index in [9.17, 15) is 24.0 Å². The summed E-state index contributed by atoms with van der Waals surface area (Å²) in [5.74, 6) is -1.04. The highest BCUT2D eigenvalue weighted by Crippen LogP contribution is 2.30. The number of nitrogens with one attached hydrogen (secondary N) is 3. The van der Waals surface area contributed by atoms with Gasteiger partial charge in [0.25, 0.3) is 0 Å². The summed E-state index contributed by atoms with van der Waals surface area (Å²) in [6, 6.07) is 1.52. The van der Waals surface area contributed by atoms with E-state index in [0.717, 1.165) is 0 Å². The minimum Gasteiger partial charge on any atom is -0.496 e. The summed E-state index contributed by atoms with van der Waals surface area (Å²) in [4.78, 5) is 67.7. The minimum absolute atomic E-state index is 0.0937. The van der Waals surface area contributed by atoms with Crippen LogP contribution in [0.2, 0.25) is 0 Å². The van der Waals surface area contributed by atoms with Crippen molar-refractivity contribution in [2.45, 2.75) is 77.7 Å². The molecule has 1 fully saturated rings. The second kappa shape index (κ2) is 14.2. The van der Waals surface area contributed by atoms with Crippen LogP contribution in [0.1, 0.15) is 53.0 Å². The summed E-state index contributed by atoms with van der Waals surface area (Å²) in [6.07, 6.45) is 3.74. The van der Waals surface area contributed by atoms with Crippen LogP contribution in [-0.2, 0) is 24.0 Å². The van der Waals surface area contributed by atoms with E-state index in [4.69, 9.17) is 9.47 Å². The molecule has 12 heteroatoms. The molecule has 0 saturated carbocycles. The van der Waals surface area contributed by atoms with Crippen LogP contribution < -0.4 is 25.4 Å². The maximum absolute atomic E-state index is 14.0. The molecule has 5 atom stereocenters. The van der Waals surface area contributed by atoms with Crippen LogP contribution in [0.4, 0.5) is 0 Å². The monoisotopic (exact) mass is 585 g/mol. The molecule has 0 unspecified atom stereocenters. The van der Waals surface area contributed by atoms with Crippen molar-refractivity contribution in [2.24, 2.45) is 11.8 Å². The molecule has 230 valence electrons. The second-order valence-corrected chi connectivity index (χ2v) is 11.5. The van der Waals surface area contributed by atoms with E-state index in [1.165, 1.54) is 23.0 Å². The highest BCUT2D eigenvalue weighted by molar-refractivity contribution is 5.96. The van der Waals surface area contributed by atoms with E-state index in [2.05, 4.69) is 16.0 Å². The van der Waals surface area contributed by atoms with Crippen LogP contribution in [-0.4, -0.2) is 90.8 Å². The Hall–Kier alpha value is -4.09. The molecule has 2 aliphatic heterocycles. The van der Waals surface area contributed by atoms with Gasteiger partial charge >= 0.3 is 0 Å². The molecule has 1 aromatic rings. The third-order valence-corrected chi connectivity index (χ3v) is 7.60. The molecule has 1 saturated heterocycles. The second-order valence-electron chi connectivity index (χ2n) is 11.5. The molecule has 0 spiro atoms. The lowest BCUT2D eigenvalue weighted by Gasteiger charge is -2.33. The number of likely N-dealkylation sites (tertiary alicyclic amines) is 1. The van der Waals surface area contributed by atoms with Gasteiger partial charge in [0, 0.05) is 31.8 Å². The first-order valence-corrected chi connectivity index (χ1v) is 14.3. The predicted molar refractivity (Wildman–Crippen MR) is 156 cm³/mol. The third-order valence-electron chi connectivity index (χ3n) is 7.60. The van der Waals surface area contributed by atoms with Gasteiger partial charge < -0.3 is 35.2 Å². The molecule has 42 heavy (non-hydrogen) atoms. The third kappa shape index (κ3) is 7.59. The number of hydrogen-bond acceptors (Lipinski definition) is 7. The first-order valence-electron chi connectivity index (χ1n) is 14.3. The molecule has 5 amide bonds. The number of carbonyl (C=O) groups excluding carboxylic acids is 5. The van der Waals surface area contributed by atoms with Gasteiger partial charge in [0.2, 0.25) is 30.0 Å². The highest BCUT2D eigenvalue weighted by Gasteiger charge is 2.46. The van der Waals surface area contributed by atoms with Crippen molar-refractivity contribution in [1.29, 1.82) is 0 Å². The van der Waals surface area contributed by atoms with Crippen molar-refractivity contribution in [1.82, 2.24) is 25.8 Å². The zero-order chi connectivity index (χ0) is 31.1. The zero-order valence-corrected chi connectivity index (χ0v) is 25.4. The molecule has 2 bridgehead atoms. The number of methoxy groups -OCH3 is 1. The summed E-state index contributed by atoms with van der Waals surface area (Å²) < 4.78 is 11.8. The number of benzene rings is 1. The largest absolute Gasteiger partial charge is 0.496 e. The lowest BCUT2D eigenvalue weighted by atomic mass is 10.0. The summed E-state index contributed by atoms with van der Waals surface area (Å²) in [7, 11) is 3.02. The molecule has 12 nitrogen and oxygen atoms in total. The molecule has 0 aliphatic carbocycles. The predicted octanol–water partition coefficient (Wildman–Crippen LogP) is 1.29. The van der Waals surface area contributed by atoms with E-state index < -0.39 is 53.9 Å². The Morgan fingerprint density at radius 3 is 2.52 bits per heavy atom. The van der Waals surface area contributed by atoms with Crippen LogP contribution in [0.25, 0.3) is 6.08 Å². The average Bonchev–Trinajstić information content (AvgIpc) is 3.37. The van der Waals surface area contributed by atoms with E-state index in [1.807, 2.05) is 13.8 Å². The number of likely N-dealkylation sites (N-methyl/N-ethyl adjacent to an activating group) is 1. The fourth-order valence-electron chi connectivity index (χ4n) is 5.05. The van der Waals surface area contributed by atoms with Crippen molar-refractivity contribution < 1.29 is 33.4 Å². The minimum atomic E-state index is -1.06. The van der Waals surface area contributed by atoms with Crippen LogP contribution in [0, 0.1) is 11.8 Å². The highest BCUT2D eigenvalue weighted by atomic mass is 16.5. The Labute approximate surface area is 247 Å². The van der Waals surface area contributed by atoms with Crippen LogP contribution >= 0.6 is 0 Å². The number of amides is 5. The molecule has 3 rings (SSSR count). The Balaban J connectivity index is 1.99. The average molecular weight is 586 g/mol. The Morgan fingerprint density at radius 2 is 1.90 bits per heavy atom. The van der Waals surface area contributed by atoms with Crippen LogP contribution in [0.15, 0.2) is 24.4 Å². The maximum Gasteiger partial charge on any atom is 0.247 e. The van der Waals surface area contributed by atoms with Gasteiger partial charge in [-0.1, -0.05) is 27.7 Å². The van der Waals surface area contributed by atoms with Crippen LogP contribution in [0.5, 0.6) is 11.5 Å². The van der Waals surface area contributed by atoms with Crippen molar-refractivity contribution in [2.75, 3.05) is 20.7 Å². The summed E-state index contributed by atoms with van der Waals surface area (Å²) in [5, 5.41) is 8.36. The first-order chi connectivity index (χ1) is 19.9. The molecular formula is C30H43N5O7. The van der Waals surface area contributed by atoms with E-state index in [-0.39, 0.29) is 18.4 Å². The van der Waals surface area contributed by atoms with Gasteiger partial charge in [-0.05, 0) is 49.5 Å². The van der Waals surface area contributed by atoms with Gasteiger partial charge in [-0.2, -0.15) is 0 Å². The summed E-state index contributed by atoms with van der Waals surface area (Å²) in [6.45, 7) is 9.24. The Morgan fingerprint density at radius 1 is 1.19 bits per heavy atom. The molecule has 3 N–H and O–H groups in total.